The predicted molar refractivity (Wildman–Crippen MR) is 117 cm³/mol. The van der Waals surface area contributed by atoms with Gasteiger partial charge in [-0.15, -0.1) is 3.63 Å². The molecule has 2 rings (SSSR count). The second-order valence-corrected chi connectivity index (χ2v) is 9.21. The van der Waals surface area contributed by atoms with E-state index in [0.717, 1.165) is 50.2 Å². The number of hydrogen-bond acceptors (Lipinski definition) is 9. The van der Waals surface area contributed by atoms with Gasteiger partial charge in [0.15, 0.2) is 6.10 Å². The van der Waals surface area contributed by atoms with Crippen LogP contribution in [0.15, 0.2) is 23.6 Å². The molecule has 1 saturated heterocycles. The molecule has 1 heterocycles. The minimum absolute atomic E-state index is 0.335. The quantitative estimate of drug-likeness (QED) is 0.176. The van der Waals surface area contributed by atoms with Crippen LogP contribution in [-0.2, 0) is 38.6 Å². The van der Waals surface area contributed by atoms with Gasteiger partial charge in [0.05, 0.1) is 31.6 Å². The molecule has 1 unspecified atom stereocenters. The summed E-state index contributed by atoms with van der Waals surface area (Å²) in [6.45, 7) is 8.64. The van der Waals surface area contributed by atoms with Crippen LogP contribution in [0.2, 0.25) is 0 Å². The zero-order valence-electron chi connectivity index (χ0n) is 18.6. The third-order valence-corrected chi connectivity index (χ3v) is 5.70. The average Bonchev–Trinajstić information content (AvgIpc) is 2.73. The van der Waals surface area contributed by atoms with Crippen molar-refractivity contribution in [2.45, 2.75) is 45.6 Å². The Balaban J connectivity index is 0.000000513. The lowest BCUT2D eigenvalue weighted by atomic mass is 10.0. The van der Waals surface area contributed by atoms with Gasteiger partial charge in [-0.25, -0.2) is 0 Å². The van der Waals surface area contributed by atoms with Crippen molar-refractivity contribution in [2.75, 3.05) is 39.5 Å². The average molecular weight is 514 g/mol. The molecule has 0 aromatic carbocycles. The molecule has 190 valence electrons. The molecule has 13 nitrogen and oxygen atoms in total. The van der Waals surface area contributed by atoms with Crippen LogP contribution in [0.4, 0.5) is 0 Å². The number of nitrogens with zero attached hydrogens (tertiary/aromatic N) is 3. The Labute approximate surface area is 194 Å². The van der Waals surface area contributed by atoms with Crippen molar-refractivity contribution < 1.29 is 48.6 Å². The molecule has 1 atom stereocenters. The van der Waals surface area contributed by atoms with Gasteiger partial charge in [-0.3, -0.25) is 9.11 Å². The van der Waals surface area contributed by atoms with Gasteiger partial charge in [-0.2, -0.15) is 21.6 Å². The Bertz CT molecular complexity index is 905. The third kappa shape index (κ3) is 12.3. The normalized spacial score (nSPS) is 19.1. The number of rotatable bonds is 11. The molecule has 33 heavy (non-hydrogen) atoms. The van der Waals surface area contributed by atoms with Gasteiger partial charge in [0, 0.05) is 19.7 Å². The van der Waals surface area contributed by atoms with E-state index in [9.17, 15) is 22.4 Å². The Kier molecular flexibility index (Phi) is 12.8. The van der Waals surface area contributed by atoms with E-state index in [1.54, 1.807) is 6.08 Å². The minimum atomic E-state index is -5.12. The van der Waals surface area contributed by atoms with Gasteiger partial charge in [-0.05, 0) is 18.9 Å². The molecule has 0 aromatic heterocycles. The molecule has 0 saturated carbocycles. The second kappa shape index (κ2) is 14.4. The first-order valence-corrected chi connectivity index (χ1v) is 13.1. The smallest absolute Gasteiger partial charge is 0.413 e. The molecule has 1 fully saturated rings. The van der Waals surface area contributed by atoms with E-state index in [1.807, 2.05) is 6.08 Å². The highest BCUT2D eigenvalue weighted by atomic mass is 32.3. The molecule has 0 aromatic rings. The molecule has 0 amide bonds. The van der Waals surface area contributed by atoms with Crippen LogP contribution in [0.3, 0.4) is 0 Å². The van der Waals surface area contributed by atoms with Gasteiger partial charge < -0.3 is 24.6 Å². The van der Waals surface area contributed by atoms with Gasteiger partial charge in [0.2, 0.25) is 0 Å². The first kappa shape index (κ1) is 29.2. The molecular formula is C18H31N3O10S2. The lowest BCUT2D eigenvalue weighted by molar-refractivity contribution is -0.0241. The topological polar surface area (TPSA) is 185 Å². The SMILES string of the molecule is CCCCOC1=CC(=[N+]=[N-])C(OCCCC)C=C1N1CCOCC1.O=S(=O)(O)OS(=O)(=O)O. The second-order valence-electron chi connectivity index (χ2n) is 6.96. The van der Waals surface area contributed by atoms with E-state index in [2.05, 4.69) is 27.2 Å². The largest absolute Gasteiger partial charge is 0.491 e. The van der Waals surface area contributed by atoms with Crippen molar-refractivity contribution in [1.29, 1.82) is 0 Å². The Hall–Kier alpha value is -1.84. The fraction of sp³-hybridized carbons (Fsp3) is 0.722. The van der Waals surface area contributed by atoms with Crippen LogP contribution in [0, 0.1) is 0 Å². The summed E-state index contributed by atoms with van der Waals surface area (Å²) in [5, 5.41) is 0. The molecule has 2 N–H and O–H groups in total. The Morgan fingerprint density at radius 3 is 2.15 bits per heavy atom. The maximum absolute atomic E-state index is 9.44. The maximum atomic E-state index is 9.44. The van der Waals surface area contributed by atoms with Crippen molar-refractivity contribution >= 4 is 26.5 Å². The summed E-state index contributed by atoms with van der Waals surface area (Å²) in [7, 11) is -10.2. The highest BCUT2D eigenvalue weighted by Crippen LogP contribution is 2.25. The third-order valence-electron chi connectivity index (χ3n) is 4.32. The van der Waals surface area contributed by atoms with Crippen LogP contribution in [0.5, 0.6) is 0 Å². The fourth-order valence-corrected chi connectivity index (χ4v) is 3.66. The van der Waals surface area contributed by atoms with E-state index >= 15 is 0 Å². The molecule has 15 heteroatoms. The number of morpholine rings is 1. The minimum Gasteiger partial charge on any atom is -0.491 e. The molecule has 0 radical (unpaired) electrons. The van der Waals surface area contributed by atoms with Crippen LogP contribution in [0.25, 0.3) is 5.53 Å². The first-order valence-electron chi connectivity index (χ1n) is 10.4. The molecule has 2 aliphatic rings. The van der Waals surface area contributed by atoms with Crippen molar-refractivity contribution in [3.63, 3.8) is 0 Å². The Morgan fingerprint density at radius 1 is 1.09 bits per heavy atom. The predicted octanol–water partition coefficient (Wildman–Crippen LogP) is 1.38. The van der Waals surface area contributed by atoms with Gasteiger partial charge >= 0.3 is 26.5 Å². The van der Waals surface area contributed by atoms with Gasteiger partial charge in [0.1, 0.15) is 5.76 Å². The van der Waals surface area contributed by atoms with E-state index in [1.165, 1.54) is 0 Å². The number of ether oxygens (including phenoxy) is 3. The fourth-order valence-electron chi connectivity index (χ4n) is 2.79. The summed E-state index contributed by atoms with van der Waals surface area (Å²) in [5.74, 6) is 0.758. The summed E-state index contributed by atoms with van der Waals surface area (Å²) in [6, 6.07) is 0. The summed E-state index contributed by atoms with van der Waals surface area (Å²) < 4.78 is 72.9. The molecule has 0 bridgehead atoms. The number of unbranched alkanes of at least 4 members (excludes halogenated alkanes) is 2. The lowest BCUT2D eigenvalue weighted by Gasteiger charge is -2.33. The molecule has 1 aliphatic carbocycles. The van der Waals surface area contributed by atoms with Gasteiger partial charge in [-0.1, -0.05) is 26.7 Å². The van der Waals surface area contributed by atoms with E-state index < -0.39 is 20.8 Å². The van der Waals surface area contributed by atoms with Crippen molar-refractivity contribution in [1.82, 2.24) is 4.90 Å². The summed E-state index contributed by atoms with van der Waals surface area (Å²) >= 11 is 0. The first-order chi connectivity index (χ1) is 15.5. The number of hydrogen-bond donors (Lipinski definition) is 2. The molecular weight excluding hydrogens is 482 g/mol. The van der Waals surface area contributed by atoms with Crippen LogP contribution in [0.1, 0.15) is 39.5 Å². The summed E-state index contributed by atoms with van der Waals surface area (Å²) in [4.78, 5) is 5.67. The zero-order valence-corrected chi connectivity index (χ0v) is 20.3. The maximum Gasteiger partial charge on any atom is 0.413 e. The van der Waals surface area contributed by atoms with Crippen molar-refractivity contribution in [3.8, 4) is 0 Å². The Morgan fingerprint density at radius 2 is 1.67 bits per heavy atom. The van der Waals surface area contributed by atoms with E-state index in [0.29, 0.717) is 32.1 Å². The summed E-state index contributed by atoms with van der Waals surface area (Å²) in [6.07, 6.45) is 7.61. The van der Waals surface area contributed by atoms with Crippen molar-refractivity contribution in [3.05, 3.63) is 29.1 Å². The molecule has 1 aliphatic heterocycles. The van der Waals surface area contributed by atoms with Gasteiger partial charge in [0.25, 0.3) is 0 Å². The highest BCUT2D eigenvalue weighted by molar-refractivity contribution is 7.94. The van der Waals surface area contributed by atoms with E-state index in [4.69, 9.17) is 23.3 Å². The van der Waals surface area contributed by atoms with Crippen LogP contribution >= 0.6 is 0 Å². The summed E-state index contributed by atoms with van der Waals surface area (Å²) in [5.41, 5.74) is 10.9. The standard InChI is InChI=1S/C18H29N3O3.H2O7S2/c1-3-5-9-23-17-14-16(21-7-11-22-12-8-21)18(13-15(17)20-19)24-10-6-4-2;1-8(2,3)7-9(4,5)6/h13-14,17H,3-12H2,1-2H3;(H,1,2,3)(H,4,5,6). The zero-order chi connectivity index (χ0) is 24.9. The van der Waals surface area contributed by atoms with E-state index in [-0.39, 0.29) is 6.10 Å². The highest BCUT2D eigenvalue weighted by Gasteiger charge is 2.31. The monoisotopic (exact) mass is 513 g/mol. The van der Waals surface area contributed by atoms with Crippen LogP contribution < -0.4 is 0 Å². The van der Waals surface area contributed by atoms with Crippen LogP contribution in [-0.4, -0.2) is 87.0 Å². The molecule has 0 spiro atoms. The lowest BCUT2D eigenvalue weighted by Crippen LogP contribution is -2.39. The van der Waals surface area contributed by atoms with Crippen molar-refractivity contribution in [2.24, 2.45) is 0 Å².